The summed E-state index contributed by atoms with van der Waals surface area (Å²) in [5, 5.41) is 8.11. The number of nitriles is 1. The highest BCUT2D eigenvalue weighted by molar-refractivity contribution is 7.92. The predicted octanol–water partition coefficient (Wildman–Crippen LogP) is 2.31. The number of amides is 1. The van der Waals surface area contributed by atoms with E-state index in [2.05, 4.69) is 0 Å². The summed E-state index contributed by atoms with van der Waals surface area (Å²) in [5.41, 5.74) is 1.30. The molecule has 134 valence electrons. The second-order valence-electron chi connectivity index (χ2n) is 6.23. The fraction of sp³-hybridized carbons (Fsp3) is 0.263. The number of hydrogen-bond donors (Lipinski definition) is 0. The van der Waals surface area contributed by atoms with Gasteiger partial charge in [0.05, 0.1) is 28.2 Å². The van der Waals surface area contributed by atoms with Crippen LogP contribution in [0, 0.1) is 17.1 Å². The van der Waals surface area contributed by atoms with E-state index in [1.807, 2.05) is 6.07 Å². The van der Waals surface area contributed by atoms with Gasteiger partial charge in [-0.15, -0.1) is 0 Å². The number of nitrogens with zero attached hydrogens (tertiary/aromatic N) is 2. The molecule has 1 amide bonds. The van der Waals surface area contributed by atoms with E-state index in [1.165, 1.54) is 12.1 Å². The Hall–Kier alpha value is -2.72. The van der Waals surface area contributed by atoms with Crippen molar-refractivity contribution < 1.29 is 17.6 Å². The van der Waals surface area contributed by atoms with Crippen LogP contribution in [-0.4, -0.2) is 37.6 Å². The lowest BCUT2D eigenvalue weighted by Crippen LogP contribution is -2.33. The minimum Gasteiger partial charge on any atom is -0.341 e. The van der Waals surface area contributed by atoms with E-state index in [0.717, 1.165) is 17.7 Å². The van der Waals surface area contributed by atoms with Crippen LogP contribution < -0.4 is 0 Å². The van der Waals surface area contributed by atoms with Crippen LogP contribution in [0.5, 0.6) is 0 Å². The maximum atomic E-state index is 13.0. The first-order chi connectivity index (χ1) is 12.4. The lowest BCUT2D eigenvalue weighted by Gasteiger charge is -2.17. The van der Waals surface area contributed by atoms with Gasteiger partial charge < -0.3 is 4.90 Å². The van der Waals surface area contributed by atoms with Gasteiger partial charge in [-0.05, 0) is 48.4 Å². The highest BCUT2D eigenvalue weighted by atomic mass is 32.2. The Morgan fingerprint density at radius 1 is 1.15 bits per heavy atom. The van der Waals surface area contributed by atoms with E-state index in [-0.39, 0.29) is 23.8 Å². The molecule has 1 saturated heterocycles. The zero-order valence-corrected chi connectivity index (χ0v) is 14.7. The number of rotatable bonds is 4. The van der Waals surface area contributed by atoms with E-state index in [1.54, 1.807) is 29.2 Å². The van der Waals surface area contributed by atoms with Gasteiger partial charge in [0.15, 0.2) is 9.84 Å². The van der Waals surface area contributed by atoms with Gasteiger partial charge in [0.2, 0.25) is 5.91 Å². The standard InChI is InChI=1S/C19H17FN2O3S/c20-16-5-7-17(8-6-16)26(24,25)18-9-10-22(13-18)19(23)11-14-1-3-15(12-21)4-2-14/h1-8,18H,9-11,13H2. The molecule has 0 radical (unpaired) electrons. The van der Waals surface area contributed by atoms with Gasteiger partial charge in [-0.3, -0.25) is 4.79 Å². The summed E-state index contributed by atoms with van der Waals surface area (Å²) in [6.07, 6.45) is 0.522. The molecule has 3 rings (SSSR count). The van der Waals surface area contributed by atoms with Crippen molar-refractivity contribution in [3.05, 3.63) is 65.5 Å². The minimum absolute atomic E-state index is 0.0743. The maximum absolute atomic E-state index is 13.0. The van der Waals surface area contributed by atoms with Gasteiger partial charge in [0, 0.05) is 13.1 Å². The highest BCUT2D eigenvalue weighted by Crippen LogP contribution is 2.24. The molecule has 1 unspecified atom stereocenters. The lowest BCUT2D eigenvalue weighted by molar-refractivity contribution is -0.129. The third-order valence-electron chi connectivity index (χ3n) is 4.52. The molecule has 1 atom stereocenters. The molecule has 0 spiro atoms. The zero-order chi connectivity index (χ0) is 18.7. The van der Waals surface area contributed by atoms with Crippen molar-refractivity contribution in [2.75, 3.05) is 13.1 Å². The lowest BCUT2D eigenvalue weighted by atomic mass is 10.1. The molecule has 5 nitrogen and oxygen atoms in total. The second-order valence-corrected chi connectivity index (χ2v) is 8.46. The van der Waals surface area contributed by atoms with Gasteiger partial charge in [-0.25, -0.2) is 12.8 Å². The zero-order valence-electron chi connectivity index (χ0n) is 13.9. The number of likely N-dealkylation sites (tertiary alicyclic amines) is 1. The summed E-state index contributed by atoms with van der Waals surface area (Å²) < 4.78 is 38.3. The predicted molar refractivity (Wildman–Crippen MR) is 93.4 cm³/mol. The summed E-state index contributed by atoms with van der Waals surface area (Å²) >= 11 is 0. The number of carbonyl (C=O) groups is 1. The molecule has 1 heterocycles. The van der Waals surface area contributed by atoms with Crippen molar-refractivity contribution in [1.82, 2.24) is 4.90 Å². The summed E-state index contributed by atoms with van der Waals surface area (Å²) in [6.45, 7) is 0.509. The van der Waals surface area contributed by atoms with Gasteiger partial charge >= 0.3 is 0 Å². The third kappa shape index (κ3) is 3.75. The van der Waals surface area contributed by atoms with Crippen LogP contribution in [0.2, 0.25) is 0 Å². The van der Waals surface area contributed by atoms with Crippen molar-refractivity contribution >= 4 is 15.7 Å². The van der Waals surface area contributed by atoms with E-state index < -0.39 is 20.9 Å². The average molecular weight is 372 g/mol. The number of halogens is 1. The van der Waals surface area contributed by atoms with Crippen LogP contribution >= 0.6 is 0 Å². The number of benzene rings is 2. The normalized spacial score (nSPS) is 17.1. The summed E-state index contributed by atoms with van der Waals surface area (Å²) in [6, 6.07) is 13.5. The molecule has 1 aliphatic heterocycles. The quantitative estimate of drug-likeness (QED) is 0.772. The SMILES string of the molecule is N#Cc1ccc(CC(=O)N2CCC(S(=O)(=O)c3ccc(F)cc3)C2)cc1. The van der Waals surface area contributed by atoms with Crippen LogP contribution in [0.3, 0.4) is 0 Å². The summed E-state index contributed by atoms with van der Waals surface area (Å²) in [5.74, 6) is -0.638. The Labute approximate surface area is 151 Å². The molecular formula is C19H17FN2O3S. The molecule has 0 saturated carbocycles. The Morgan fingerprint density at radius 3 is 2.42 bits per heavy atom. The maximum Gasteiger partial charge on any atom is 0.227 e. The molecule has 0 aliphatic carbocycles. The fourth-order valence-electron chi connectivity index (χ4n) is 3.01. The second kappa shape index (κ2) is 7.26. The van der Waals surface area contributed by atoms with Crippen LogP contribution in [0.1, 0.15) is 17.5 Å². The van der Waals surface area contributed by atoms with Crippen LogP contribution in [0.4, 0.5) is 4.39 Å². The smallest absolute Gasteiger partial charge is 0.227 e. The van der Waals surface area contributed by atoms with Gasteiger partial charge in [-0.1, -0.05) is 12.1 Å². The Morgan fingerprint density at radius 2 is 1.81 bits per heavy atom. The molecule has 0 N–H and O–H groups in total. The minimum atomic E-state index is -3.60. The summed E-state index contributed by atoms with van der Waals surface area (Å²) in [7, 11) is -3.60. The van der Waals surface area contributed by atoms with Gasteiger partial charge in [0.1, 0.15) is 5.82 Å². The van der Waals surface area contributed by atoms with E-state index in [0.29, 0.717) is 18.5 Å². The molecule has 1 fully saturated rings. The molecule has 0 aromatic heterocycles. The van der Waals surface area contributed by atoms with Crippen LogP contribution in [0.25, 0.3) is 0 Å². The third-order valence-corrected chi connectivity index (χ3v) is 6.71. The molecule has 0 bridgehead atoms. The number of carbonyl (C=O) groups excluding carboxylic acids is 1. The Balaban J connectivity index is 1.66. The highest BCUT2D eigenvalue weighted by Gasteiger charge is 2.36. The largest absolute Gasteiger partial charge is 0.341 e. The molecule has 26 heavy (non-hydrogen) atoms. The van der Waals surface area contributed by atoms with Crippen molar-refractivity contribution in [3.8, 4) is 6.07 Å². The molecule has 7 heteroatoms. The van der Waals surface area contributed by atoms with Crippen molar-refractivity contribution in [2.45, 2.75) is 23.0 Å². The van der Waals surface area contributed by atoms with E-state index in [4.69, 9.17) is 5.26 Å². The topological polar surface area (TPSA) is 78.2 Å². The monoisotopic (exact) mass is 372 g/mol. The van der Waals surface area contributed by atoms with Gasteiger partial charge in [0.25, 0.3) is 0 Å². The van der Waals surface area contributed by atoms with E-state index in [9.17, 15) is 17.6 Å². The molecule has 2 aromatic carbocycles. The first-order valence-electron chi connectivity index (χ1n) is 8.16. The Bertz CT molecular complexity index is 948. The molecular weight excluding hydrogens is 355 g/mol. The van der Waals surface area contributed by atoms with Crippen LogP contribution in [0.15, 0.2) is 53.4 Å². The first kappa shape index (κ1) is 18.1. The average Bonchev–Trinajstić information content (AvgIpc) is 3.14. The first-order valence-corrected chi connectivity index (χ1v) is 9.71. The number of sulfone groups is 1. The number of hydrogen-bond acceptors (Lipinski definition) is 4. The van der Waals surface area contributed by atoms with Gasteiger partial charge in [-0.2, -0.15) is 5.26 Å². The van der Waals surface area contributed by atoms with E-state index >= 15 is 0 Å². The van der Waals surface area contributed by atoms with Crippen molar-refractivity contribution in [1.29, 1.82) is 5.26 Å². The molecule has 1 aliphatic rings. The summed E-state index contributed by atoms with van der Waals surface area (Å²) in [4.78, 5) is 14.1. The Kier molecular flexibility index (Phi) is 5.05. The fourth-order valence-corrected chi connectivity index (χ4v) is 4.70. The van der Waals surface area contributed by atoms with Crippen molar-refractivity contribution in [3.63, 3.8) is 0 Å². The van der Waals surface area contributed by atoms with Crippen molar-refractivity contribution in [2.24, 2.45) is 0 Å². The van der Waals surface area contributed by atoms with Crippen LogP contribution in [-0.2, 0) is 21.1 Å². The molecule has 2 aromatic rings.